The number of nitrogens with one attached hydrogen (secondary N) is 1. The topological polar surface area (TPSA) is 101 Å². The van der Waals surface area contributed by atoms with Gasteiger partial charge in [-0.1, -0.05) is 0 Å². The van der Waals surface area contributed by atoms with Crippen molar-refractivity contribution in [2.75, 3.05) is 11.5 Å². The van der Waals surface area contributed by atoms with Crippen LogP contribution >= 0.6 is 0 Å². The average Bonchev–Trinajstić information content (AvgIpc) is 2.56. The Balaban J connectivity index is 2.65. The lowest BCUT2D eigenvalue weighted by Crippen LogP contribution is -2.57. The van der Waals surface area contributed by atoms with Gasteiger partial charge in [0.25, 0.3) is 0 Å². The van der Waals surface area contributed by atoms with E-state index in [1.807, 2.05) is 0 Å². The molecular formula is C13H23NO5S. The van der Waals surface area contributed by atoms with E-state index in [1.165, 1.54) is 0 Å². The molecule has 116 valence electrons. The number of carboxylic acid groups (broad SMARTS) is 1. The first kappa shape index (κ1) is 16.9. The average molecular weight is 305 g/mol. The molecule has 1 amide bonds. The number of carbonyl (C=O) groups is 2. The van der Waals surface area contributed by atoms with Crippen LogP contribution in [-0.2, 0) is 19.4 Å². The Hall–Kier alpha value is -1.11. The molecule has 6 nitrogen and oxygen atoms in total. The van der Waals surface area contributed by atoms with E-state index in [0.717, 1.165) is 0 Å². The molecule has 1 aliphatic rings. The highest BCUT2D eigenvalue weighted by Gasteiger charge is 2.44. The molecule has 1 aliphatic heterocycles. The van der Waals surface area contributed by atoms with Gasteiger partial charge in [-0.2, -0.15) is 0 Å². The zero-order chi connectivity index (χ0) is 15.8. The molecule has 0 radical (unpaired) electrons. The summed E-state index contributed by atoms with van der Waals surface area (Å²) in [5.74, 6) is -1.28. The summed E-state index contributed by atoms with van der Waals surface area (Å²) in [6, 6.07) is 0. The second kappa shape index (κ2) is 5.35. The monoisotopic (exact) mass is 305 g/mol. The minimum absolute atomic E-state index is 0.0448. The van der Waals surface area contributed by atoms with Crippen LogP contribution in [-0.4, -0.2) is 42.4 Å². The molecule has 1 fully saturated rings. The quantitative estimate of drug-likeness (QED) is 0.783. The number of carboxylic acids is 1. The number of aliphatic carboxylic acids is 1. The van der Waals surface area contributed by atoms with Gasteiger partial charge in [0.05, 0.1) is 16.9 Å². The van der Waals surface area contributed by atoms with Crippen molar-refractivity contribution in [3.8, 4) is 0 Å². The smallest absolute Gasteiger partial charge is 0.311 e. The van der Waals surface area contributed by atoms with E-state index in [1.54, 1.807) is 27.7 Å². The molecule has 0 aromatic carbocycles. The van der Waals surface area contributed by atoms with Crippen molar-refractivity contribution >= 4 is 21.7 Å². The zero-order valence-corrected chi connectivity index (χ0v) is 13.2. The van der Waals surface area contributed by atoms with E-state index in [9.17, 15) is 23.1 Å². The first-order valence-corrected chi connectivity index (χ1v) is 8.44. The fourth-order valence-corrected chi connectivity index (χ4v) is 3.98. The van der Waals surface area contributed by atoms with Gasteiger partial charge in [0.2, 0.25) is 5.91 Å². The number of rotatable bonds is 5. The van der Waals surface area contributed by atoms with Crippen molar-refractivity contribution in [3.63, 3.8) is 0 Å². The molecule has 1 saturated heterocycles. The summed E-state index contributed by atoms with van der Waals surface area (Å²) in [6.45, 7) is 6.42. The Kier molecular flexibility index (Phi) is 4.53. The molecule has 0 aromatic heterocycles. The van der Waals surface area contributed by atoms with E-state index >= 15 is 0 Å². The maximum absolute atomic E-state index is 12.0. The van der Waals surface area contributed by atoms with Crippen LogP contribution < -0.4 is 5.32 Å². The molecule has 1 unspecified atom stereocenters. The Morgan fingerprint density at radius 2 is 1.80 bits per heavy atom. The summed E-state index contributed by atoms with van der Waals surface area (Å²) < 4.78 is 22.7. The second-order valence-electron chi connectivity index (χ2n) is 6.58. The predicted molar refractivity (Wildman–Crippen MR) is 75.0 cm³/mol. The molecule has 0 saturated carbocycles. The van der Waals surface area contributed by atoms with E-state index in [0.29, 0.717) is 6.42 Å². The summed E-state index contributed by atoms with van der Waals surface area (Å²) in [7, 11) is -3.00. The fourth-order valence-electron chi connectivity index (χ4n) is 2.12. The van der Waals surface area contributed by atoms with E-state index in [4.69, 9.17) is 0 Å². The minimum Gasteiger partial charge on any atom is -0.481 e. The molecule has 0 aromatic rings. The largest absolute Gasteiger partial charge is 0.481 e. The number of carbonyl (C=O) groups excluding carboxylic acids is 1. The van der Waals surface area contributed by atoms with Gasteiger partial charge in [0.15, 0.2) is 9.84 Å². The summed E-state index contributed by atoms with van der Waals surface area (Å²) >= 11 is 0. The highest BCUT2D eigenvalue weighted by atomic mass is 32.2. The zero-order valence-electron chi connectivity index (χ0n) is 12.4. The third-order valence-corrected chi connectivity index (χ3v) is 6.19. The Labute approximate surface area is 119 Å². The van der Waals surface area contributed by atoms with Crippen molar-refractivity contribution in [3.05, 3.63) is 0 Å². The van der Waals surface area contributed by atoms with Crippen LogP contribution in [0.3, 0.4) is 0 Å². The minimum atomic E-state index is -3.00. The van der Waals surface area contributed by atoms with Gasteiger partial charge in [-0.25, -0.2) is 8.42 Å². The van der Waals surface area contributed by atoms with Crippen LogP contribution in [0.5, 0.6) is 0 Å². The van der Waals surface area contributed by atoms with Crippen LogP contribution in [0.1, 0.15) is 40.5 Å². The van der Waals surface area contributed by atoms with Crippen LogP contribution in [0.25, 0.3) is 0 Å². The second-order valence-corrected chi connectivity index (χ2v) is 8.81. The van der Waals surface area contributed by atoms with Gasteiger partial charge in [-0.3, -0.25) is 9.59 Å². The molecular weight excluding hydrogens is 282 g/mol. The van der Waals surface area contributed by atoms with Gasteiger partial charge in [-0.05, 0) is 40.0 Å². The fraction of sp³-hybridized carbons (Fsp3) is 0.846. The number of hydrogen-bond acceptors (Lipinski definition) is 4. The predicted octanol–water partition coefficient (Wildman–Crippen LogP) is 0.817. The molecule has 7 heteroatoms. The summed E-state index contributed by atoms with van der Waals surface area (Å²) in [6.07, 6.45) is 0.622. The normalized spacial score (nSPS) is 22.5. The van der Waals surface area contributed by atoms with Crippen LogP contribution in [0.2, 0.25) is 0 Å². The van der Waals surface area contributed by atoms with Gasteiger partial charge in [-0.15, -0.1) is 0 Å². The molecule has 0 bridgehead atoms. The van der Waals surface area contributed by atoms with Gasteiger partial charge in [0.1, 0.15) is 0 Å². The summed E-state index contributed by atoms with van der Waals surface area (Å²) in [4.78, 5) is 23.2. The number of amides is 1. The van der Waals surface area contributed by atoms with Crippen molar-refractivity contribution in [2.24, 2.45) is 11.3 Å². The lowest BCUT2D eigenvalue weighted by atomic mass is 9.74. The molecule has 0 aliphatic carbocycles. The molecule has 1 heterocycles. The summed E-state index contributed by atoms with van der Waals surface area (Å²) in [5, 5.41) is 11.9. The maximum Gasteiger partial charge on any atom is 0.311 e. The highest BCUT2D eigenvalue weighted by molar-refractivity contribution is 7.91. The van der Waals surface area contributed by atoms with Crippen LogP contribution in [0, 0.1) is 11.3 Å². The third-order valence-electron chi connectivity index (χ3n) is 4.35. The third kappa shape index (κ3) is 3.71. The first-order valence-electron chi connectivity index (χ1n) is 6.62. The Morgan fingerprint density at radius 3 is 2.20 bits per heavy atom. The van der Waals surface area contributed by atoms with Crippen molar-refractivity contribution in [2.45, 2.75) is 46.1 Å². The number of hydrogen-bond donors (Lipinski definition) is 2. The Bertz CT molecular complexity index is 507. The first-order chi connectivity index (χ1) is 8.87. The summed E-state index contributed by atoms with van der Waals surface area (Å²) in [5.41, 5.74) is -2.04. The SMILES string of the molecule is CC(C)(NC(=O)CC1CCS(=O)(=O)C1)C(C)(C)C(=O)O. The molecule has 20 heavy (non-hydrogen) atoms. The lowest BCUT2D eigenvalue weighted by Gasteiger charge is -2.39. The Morgan fingerprint density at radius 1 is 1.25 bits per heavy atom. The van der Waals surface area contributed by atoms with Crippen LogP contribution in [0.4, 0.5) is 0 Å². The molecule has 0 spiro atoms. The van der Waals surface area contributed by atoms with Crippen molar-refractivity contribution in [1.82, 2.24) is 5.32 Å². The lowest BCUT2D eigenvalue weighted by molar-refractivity contribution is -0.151. The van der Waals surface area contributed by atoms with Crippen LogP contribution in [0.15, 0.2) is 0 Å². The highest BCUT2D eigenvalue weighted by Crippen LogP contribution is 2.31. The number of sulfone groups is 1. The maximum atomic E-state index is 12.0. The standard InChI is InChI=1S/C13H23NO5S/c1-12(2,11(16)17)13(3,4)14-10(15)7-9-5-6-20(18,19)8-9/h9H,5-8H2,1-4H3,(H,14,15)(H,16,17). The van der Waals surface area contributed by atoms with Gasteiger partial charge in [0, 0.05) is 12.0 Å². The van der Waals surface area contributed by atoms with E-state index < -0.39 is 26.8 Å². The van der Waals surface area contributed by atoms with E-state index in [-0.39, 0.29) is 29.8 Å². The van der Waals surface area contributed by atoms with Crippen molar-refractivity contribution in [1.29, 1.82) is 0 Å². The van der Waals surface area contributed by atoms with Gasteiger partial charge < -0.3 is 10.4 Å². The van der Waals surface area contributed by atoms with Crippen molar-refractivity contribution < 1.29 is 23.1 Å². The molecule has 2 N–H and O–H groups in total. The van der Waals surface area contributed by atoms with E-state index in [2.05, 4.69) is 5.32 Å². The van der Waals surface area contributed by atoms with Gasteiger partial charge >= 0.3 is 5.97 Å². The molecule has 1 rings (SSSR count). The molecule has 1 atom stereocenters.